The van der Waals surface area contributed by atoms with Crippen molar-refractivity contribution in [2.45, 2.75) is 13.0 Å². The second-order valence-corrected chi connectivity index (χ2v) is 3.76. The molecule has 6 heteroatoms. The van der Waals surface area contributed by atoms with E-state index in [1.165, 1.54) is 6.07 Å². The summed E-state index contributed by atoms with van der Waals surface area (Å²) in [6, 6.07) is 4.83. The van der Waals surface area contributed by atoms with E-state index in [-0.39, 0.29) is 18.1 Å². The topological polar surface area (TPSA) is 75.4 Å². The maximum absolute atomic E-state index is 10.7. The molecule has 0 aliphatic heterocycles. The molecule has 0 saturated carbocycles. The Hall–Kier alpha value is -1.33. The third-order valence-electron chi connectivity index (χ3n) is 2.13. The van der Waals surface area contributed by atoms with Gasteiger partial charge in [0.2, 0.25) is 0 Å². The molecule has 1 atom stereocenters. The number of rotatable bonds is 5. The van der Waals surface area contributed by atoms with Crippen LogP contribution in [0.15, 0.2) is 18.2 Å². The summed E-state index contributed by atoms with van der Waals surface area (Å²) in [5.74, 6) is 0.126. The monoisotopic (exact) mass is 244 g/mol. The zero-order valence-corrected chi connectivity index (χ0v) is 9.57. The van der Waals surface area contributed by atoms with Gasteiger partial charge in [0.15, 0.2) is 0 Å². The maximum Gasteiger partial charge on any atom is 0.274 e. The molecule has 0 heterocycles. The van der Waals surface area contributed by atoms with Crippen LogP contribution < -0.4 is 5.32 Å². The fourth-order valence-corrected chi connectivity index (χ4v) is 1.32. The Balaban J connectivity index is 2.75. The predicted molar refractivity (Wildman–Crippen MR) is 63.0 cm³/mol. The molecule has 1 aromatic rings. The van der Waals surface area contributed by atoms with Crippen LogP contribution in [0.3, 0.4) is 0 Å². The molecular weight excluding hydrogens is 232 g/mol. The number of hydrogen-bond acceptors (Lipinski definition) is 4. The van der Waals surface area contributed by atoms with Crippen molar-refractivity contribution < 1.29 is 10.0 Å². The minimum absolute atomic E-state index is 0.0605. The van der Waals surface area contributed by atoms with Crippen molar-refractivity contribution in [3.8, 4) is 0 Å². The normalized spacial score (nSPS) is 12.2. The Bertz CT molecular complexity index is 384. The summed E-state index contributed by atoms with van der Waals surface area (Å²) in [6.07, 6.45) is -0.665. The number of nitrogens with one attached hydrogen (secondary N) is 1. The van der Waals surface area contributed by atoms with Crippen LogP contribution in [0.2, 0.25) is 0 Å². The molecule has 2 N–H and O–H groups in total. The number of aliphatic hydroxyl groups excluding tert-OH is 1. The Morgan fingerprint density at radius 3 is 2.88 bits per heavy atom. The number of nitro benzene ring substituents is 1. The Morgan fingerprint density at radius 1 is 1.62 bits per heavy atom. The summed E-state index contributed by atoms with van der Waals surface area (Å²) in [6.45, 7) is 1.94. The number of hydrogen-bond donors (Lipinski definition) is 2. The lowest BCUT2D eigenvalue weighted by Crippen LogP contribution is -2.20. The molecule has 16 heavy (non-hydrogen) atoms. The van der Waals surface area contributed by atoms with Crippen molar-refractivity contribution in [3.05, 3.63) is 33.9 Å². The smallest absolute Gasteiger partial charge is 0.274 e. The number of benzene rings is 1. The van der Waals surface area contributed by atoms with E-state index in [1.54, 1.807) is 19.1 Å². The molecule has 0 aromatic heterocycles. The van der Waals surface area contributed by atoms with Crippen LogP contribution >= 0.6 is 11.6 Å². The van der Waals surface area contributed by atoms with Crippen LogP contribution in [-0.2, 0) is 0 Å². The third kappa shape index (κ3) is 3.36. The minimum atomic E-state index is -0.665. The summed E-state index contributed by atoms with van der Waals surface area (Å²) in [4.78, 5) is 10.2. The number of alkyl halides is 1. The first-order valence-corrected chi connectivity index (χ1v) is 5.31. The van der Waals surface area contributed by atoms with E-state index in [0.29, 0.717) is 11.3 Å². The fraction of sp³-hybridized carbons (Fsp3) is 0.400. The van der Waals surface area contributed by atoms with Crippen molar-refractivity contribution in [2.75, 3.05) is 17.7 Å². The number of nitrogens with zero attached hydrogens (tertiary/aromatic N) is 1. The van der Waals surface area contributed by atoms with Gasteiger partial charge in [0.1, 0.15) is 0 Å². The molecule has 1 rings (SSSR count). The van der Waals surface area contributed by atoms with Crippen molar-refractivity contribution in [1.82, 2.24) is 0 Å². The minimum Gasteiger partial charge on any atom is -0.390 e. The first-order chi connectivity index (χ1) is 7.54. The summed E-state index contributed by atoms with van der Waals surface area (Å²) in [7, 11) is 0. The van der Waals surface area contributed by atoms with Gasteiger partial charge >= 0.3 is 0 Å². The number of aryl methyl sites for hydroxylation is 1. The van der Waals surface area contributed by atoms with Gasteiger partial charge in [-0.3, -0.25) is 10.1 Å². The summed E-state index contributed by atoms with van der Waals surface area (Å²) in [5.41, 5.74) is 1.26. The van der Waals surface area contributed by atoms with Crippen molar-refractivity contribution >= 4 is 23.0 Å². The van der Waals surface area contributed by atoms with Crippen LogP contribution in [0.5, 0.6) is 0 Å². The lowest BCUT2D eigenvalue weighted by atomic mass is 10.2. The number of halogens is 1. The fourth-order valence-electron chi connectivity index (χ4n) is 1.21. The van der Waals surface area contributed by atoms with Crippen molar-refractivity contribution in [3.63, 3.8) is 0 Å². The molecule has 88 valence electrons. The van der Waals surface area contributed by atoms with Gasteiger partial charge in [-0.15, -0.1) is 11.6 Å². The number of aliphatic hydroxyl groups is 1. The highest BCUT2D eigenvalue weighted by molar-refractivity contribution is 6.18. The lowest BCUT2D eigenvalue weighted by molar-refractivity contribution is -0.385. The largest absolute Gasteiger partial charge is 0.390 e. The van der Waals surface area contributed by atoms with Crippen LogP contribution in [0.25, 0.3) is 0 Å². The predicted octanol–water partition coefficient (Wildman–Crippen LogP) is 1.91. The van der Waals surface area contributed by atoms with Gasteiger partial charge in [-0.25, -0.2) is 0 Å². The second-order valence-electron chi connectivity index (χ2n) is 3.45. The van der Waals surface area contributed by atoms with Gasteiger partial charge in [0.05, 0.1) is 16.9 Å². The van der Waals surface area contributed by atoms with E-state index < -0.39 is 11.0 Å². The van der Waals surface area contributed by atoms with Crippen LogP contribution in [0.4, 0.5) is 11.4 Å². The SMILES string of the molecule is Cc1ccc(NCC(O)CCl)cc1[N+](=O)[O-]. The molecule has 0 aliphatic rings. The standard InChI is InChI=1S/C10H13ClN2O3/c1-7-2-3-8(4-10(7)13(15)16)12-6-9(14)5-11/h2-4,9,12,14H,5-6H2,1H3. The third-order valence-corrected chi connectivity index (χ3v) is 2.48. The van der Waals surface area contributed by atoms with E-state index in [0.717, 1.165) is 0 Å². The Labute approximate surface area is 98.2 Å². The van der Waals surface area contributed by atoms with Crippen LogP contribution in [0, 0.1) is 17.0 Å². The van der Waals surface area contributed by atoms with Crippen molar-refractivity contribution in [2.24, 2.45) is 0 Å². The second kappa shape index (κ2) is 5.67. The summed E-state index contributed by atoms with van der Waals surface area (Å²) >= 11 is 5.43. The molecule has 0 radical (unpaired) electrons. The molecule has 0 amide bonds. The highest BCUT2D eigenvalue weighted by atomic mass is 35.5. The van der Waals surface area contributed by atoms with E-state index in [4.69, 9.17) is 11.6 Å². The molecule has 1 unspecified atom stereocenters. The Kier molecular flexibility index (Phi) is 4.52. The highest BCUT2D eigenvalue weighted by Crippen LogP contribution is 2.22. The molecule has 0 fully saturated rings. The first kappa shape index (κ1) is 12.7. The Morgan fingerprint density at radius 2 is 2.31 bits per heavy atom. The zero-order chi connectivity index (χ0) is 12.1. The molecule has 0 aliphatic carbocycles. The van der Waals surface area contributed by atoms with Gasteiger partial charge in [0.25, 0.3) is 5.69 Å². The quantitative estimate of drug-likeness (QED) is 0.471. The summed E-state index contributed by atoms with van der Waals surface area (Å²) in [5, 5.41) is 22.8. The number of anilines is 1. The van der Waals surface area contributed by atoms with E-state index in [1.807, 2.05) is 0 Å². The molecule has 5 nitrogen and oxygen atoms in total. The van der Waals surface area contributed by atoms with E-state index in [9.17, 15) is 15.2 Å². The average molecular weight is 245 g/mol. The van der Waals surface area contributed by atoms with E-state index >= 15 is 0 Å². The first-order valence-electron chi connectivity index (χ1n) is 4.77. The van der Waals surface area contributed by atoms with Gasteiger partial charge in [-0.2, -0.15) is 0 Å². The molecule has 1 aromatic carbocycles. The molecular formula is C10H13ClN2O3. The zero-order valence-electron chi connectivity index (χ0n) is 8.81. The van der Waals surface area contributed by atoms with Gasteiger partial charge in [-0.1, -0.05) is 6.07 Å². The van der Waals surface area contributed by atoms with Crippen molar-refractivity contribution in [1.29, 1.82) is 0 Å². The molecule has 0 saturated heterocycles. The average Bonchev–Trinajstić information content (AvgIpc) is 2.27. The molecule has 0 spiro atoms. The highest BCUT2D eigenvalue weighted by Gasteiger charge is 2.11. The lowest BCUT2D eigenvalue weighted by Gasteiger charge is -2.10. The maximum atomic E-state index is 10.7. The van der Waals surface area contributed by atoms with Crippen LogP contribution in [-0.4, -0.2) is 28.6 Å². The van der Waals surface area contributed by atoms with Gasteiger partial charge in [-0.05, 0) is 13.0 Å². The van der Waals surface area contributed by atoms with Gasteiger partial charge in [0, 0.05) is 23.9 Å². The van der Waals surface area contributed by atoms with Gasteiger partial charge < -0.3 is 10.4 Å². The number of nitro groups is 1. The van der Waals surface area contributed by atoms with E-state index in [2.05, 4.69) is 5.32 Å². The molecule has 0 bridgehead atoms. The van der Waals surface area contributed by atoms with Crippen LogP contribution in [0.1, 0.15) is 5.56 Å². The summed E-state index contributed by atoms with van der Waals surface area (Å²) < 4.78 is 0.